The molecule has 0 radical (unpaired) electrons. The Morgan fingerprint density at radius 2 is 2.12 bits per heavy atom. The van der Waals surface area contributed by atoms with Crippen LogP contribution in [0.25, 0.3) is 0 Å². The van der Waals surface area contributed by atoms with Crippen molar-refractivity contribution < 1.29 is 9.90 Å². The quantitative estimate of drug-likeness (QED) is 0.519. The van der Waals surface area contributed by atoms with Crippen molar-refractivity contribution in [1.82, 2.24) is 0 Å². The van der Waals surface area contributed by atoms with Crippen LogP contribution < -0.4 is 0 Å². The van der Waals surface area contributed by atoms with Crippen LogP contribution in [-0.4, -0.2) is 24.0 Å². The molecule has 0 saturated heterocycles. The second kappa shape index (κ2) is 3.41. The molecule has 44 valence electrons. The molecule has 0 heterocycles. The summed E-state index contributed by atoms with van der Waals surface area (Å²) in [6, 6.07) is 0. The Labute approximate surface area is 49.6 Å². The van der Waals surface area contributed by atoms with Gasteiger partial charge in [0.2, 0.25) is 0 Å². The van der Waals surface area contributed by atoms with Gasteiger partial charge in [-0.2, -0.15) is 0 Å². The minimum absolute atomic E-state index is 0.204. The van der Waals surface area contributed by atoms with Gasteiger partial charge in [0, 0.05) is 0 Å². The zero-order valence-electron chi connectivity index (χ0n) is 4.98. The normalized spacial score (nSPS) is 8.50. The molecule has 0 atom stereocenters. The molecule has 1 N–H and O–H groups in total. The van der Waals surface area contributed by atoms with Crippen molar-refractivity contribution in [3.8, 4) is 0 Å². The molecule has 0 aromatic heterocycles. The van der Waals surface area contributed by atoms with Crippen molar-refractivity contribution in [1.29, 1.82) is 0 Å². The topological polar surface area (TPSA) is 37.3 Å². The van der Waals surface area contributed by atoms with Gasteiger partial charge in [-0.05, 0) is 0 Å². The van der Waals surface area contributed by atoms with E-state index in [2.05, 4.69) is 7.49 Å². The minimum atomic E-state index is -0.756. The van der Waals surface area contributed by atoms with Gasteiger partial charge < -0.3 is 0 Å². The third-order valence-corrected chi connectivity index (χ3v) is 0.766. The maximum absolute atomic E-state index is 9.86. The molecule has 3 heteroatoms. The molecule has 0 unspecified atom stereocenters. The first kappa shape index (κ1) is 7.40. The second-order valence-corrected chi connectivity index (χ2v) is 1.85. The summed E-state index contributed by atoms with van der Waals surface area (Å²) in [5, 5.41) is 8.12. The average molecular weight is 112 g/mol. The van der Waals surface area contributed by atoms with Gasteiger partial charge in [0.05, 0.1) is 0 Å². The van der Waals surface area contributed by atoms with Gasteiger partial charge in [-0.15, -0.1) is 0 Å². The van der Waals surface area contributed by atoms with Crippen LogP contribution in [0.1, 0.15) is 19.8 Å². The molecule has 0 spiro atoms. The van der Waals surface area contributed by atoms with E-state index in [4.69, 9.17) is 5.11 Å². The second-order valence-electron chi connectivity index (χ2n) is 1.85. The number of aliphatic carboxylic acids is 1. The molecule has 0 bridgehead atoms. The third-order valence-electron chi connectivity index (χ3n) is 0.766. The Morgan fingerprint density at radius 1 is 1.62 bits per heavy atom. The van der Waals surface area contributed by atoms with E-state index < -0.39 is 5.97 Å². The molecule has 0 rings (SSSR count). The van der Waals surface area contributed by atoms with Gasteiger partial charge in [-0.3, -0.25) is 0 Å². The van der Waals surface area contributed by atoms with E-state index in [1.165, 1.54) is 0 Å². The van der Waals surface area contributed by atoms with Crippen LogP contribution in [0.15, 0.2) is 0 Å². The number of carboxylic acids is 1. The molecule has 0 saturated carbocycles. The van der Waals surface area contributed by atoms with E-state index >= 15 is 0 Å². The fraction of sp³-hybridized carbons (Fsp3) is 0.600. The van der Waals surface area contributed by atoms with E-state index in [-0.39, 0.29) is 6.42 Å². The van der Waals surface area contributed by atoms with E-state index in [0.29, 0.717) is 6.42 Å². The zero-order valence-corrected chi connectivity index (χ0v) is 4.98. The molecular formula is C5H9BO2. The van der Waals surface area contributed by atoms with Gasteiger partial charge >= 0.3 is 48.6 Å². The van der Waals surface area contributed by atoms with Gasteiger partial charge in [0.25, 0.3) is 0 Å². The van der Waals surface area contributed by atoms with Gasteiger partial charge in [-0.25, -0.2) is 0 Å². The summed E-state index contributed by atoms with van der Waals surface area (Å²) in [5.74, 6) is -0.756. The summed E-state index contributed by atoms with van der Waals surface area (Å²) in [6.07, 6.45) is 0.796. The predicted molar refractivity (Wildman–Crippen MR) is 34.7 cm³/mol. The first-order valence-electron chi connectivity index (χ1n) is 2.49. The molecule has 0 aliphatic carbocycles. The summed E-state index contributed by atoms with van der Waals surface area (Å²) < 4.78 is 0. The molecule has 0 fully saturated rings. The predicted octanol–water partition coefficient (Wildman–Crippen LogP) is -0.0557. The van der Waals surface area contributed by atoms with Crippen molar-refractivity contribution in [2.45, 2.75) is 19.8 Å². The van der Waals surface area contributed by atoms with Crippen molar-refractivity contribution in [2.24, 2.45) is 0 Å². The summed E-state index contributed by atoms with van der Waals surface area (Å²) in [4.78, 5) is 9.86. The Kier molecular flexibility index (Phi) is 3.16. The molecule has 0 aliphatic rings. The Morgan fingerprint density at radius 3 is 2.25 bits per heavy atom. The number of hydrogen-bond acceptors (Lipinski definition) is 1. The number of rotatable bonds is 3. The van der Waals surface area contributed by atoms with E-state index in [1.54, 1.807) is 0 Å². The summed E-state index contributed by atoms with van der Waals surface area (Å²) in [5.41, 5.74) is 0.924. The Balaban J connectivity index is 3.18. The fourth-order valence-corrected chi connectivity index (χ4v) is 0.320. The monoisotopic (exact) mass is 112 g/mol. The summed E-state index contributed by atoms with van der Waals surface area (Å²) in [7, 11) is 3.56. The summed E-state index contributed by atoms with van der Waals surface area (Å²) in [6.45, 7) is 1.82. The molecule has 8 heavy (non-hydrogen) atoms. The first-order valence-corrected chi connectivity index (χ1v) is 2.49. The van der Waals surface area contributed by atoms with Crippen LogP contribution >= 0.6 is 0 Å². The molecule has 2 nitrogen and oxygen atoms in total. The summed E-state index contributed by atoms with van der Waals surface area (Å²) >= 11 is 0. The number of hydrogen-bond donors (Lipinski definition) is 1. The van der Waals surface area contributed by atoms with E-state index in [1.807, 2.05) is 6.92 Å². The molecular weight excluding hydrogens is 103 g/mol. The van der Waals surface area contributed by atoms with Crippen molar-refractivity contribution in [2.75, 3.05) is 0 Å². The van der Waals surface area contributed by atoms with Gasteiger partial charge in [0.1, 0.15) is 0 Å². The van der Waals surface area contributed by atoms with Crippen LogP contribution in [-0.2, 0) is 4.79 Å². The Hall–Kier alpha value is -0.595. The van der Waals surface area contributed by atoms with Crippen LogP contribution in [0.5, 0.6) is 0 Å². The molecule has 0 aliphatic heterocycles. The third kappa shape index (κ3) is 5.40. The van der Waals surface area contributed by atoms with Crippen LogP contribution in [0.4, 0.5) is 0 Å². The van der Waals surface area contributed by atoms with Crippen LogP contribution in [0.3, 0.4) is 0 Å². The fourth-order valence-electron chi connectivity index (χ4n) is 0.320. The van der Waals surface area contributed by atoms with Crippen LogP contribution in [0.2, 0.25) is 0 Å². The van der Waals surface area contributed by atoms with E-state index in [0.717, 1.165) is 5.46 Å². The standard InChI is InChI=1S/C5H9BO2/c1-4(6)2-3-5(7)8/h6H,2-3H2,1H3,(H,7,8). The van der Waals surface area contributed by atoms with Crippen LogP contribution in [0, 0.1) is 0 Å². The SMILES string of the molecule is B=C(C)CCC(=O)O. The molecule has 0 aromatic rings. The molecule has 0 amide bonds. The van der Waals surface area contributed by atoms with E-state index in [9.17, 15) is 4.79 Å². The zero-order chi connectivity index (χ0) is 6.57. The number of carbonyl (C=O) groups is 1. The molecule has 0 aromatic carbocycles. The number of carboxylic acid groups (broad SMARTS) is 1. The Bertz CT molecular complexity index is 95.0. The maximum atomic E-state index is 9.86. The first-order chi connectivity index (χ1) is 3.63. The van der Waals surface area contributed by atoms with Crippen molar-refractivity contribution >= 4 is 18.9 Å². The van der Waals surface area contributed by atoms with Crippen molar-refractivity contribution in [3.63, 3.8) is 0 Å². The van der Waals surface area contributed by atoms with Crippen molar-refractivity contribution in [3.05, 3.63) is 0 Å². The average Bonchev–Trinajstić information content (AvgIpc) is 1.61. The van der Waals surface area contributed by atoms with Gasteiger partial charge in [0.15, 0.2) is 0 Å². The van der Waals surface area contributed by atoms with Gasteiger partial charge in [-0.1, -0.05) is 0 Å².